The van der Waals surface area contributed by atoms with Crippen molar-refractivity contribution in [1.82, 2.24) is 0 Å². The second-order valence-electron chi connectivity index (χ2n) is 7.29. The number of allylic oxidation sites excluding steroid dienone is 2. The van der Waals surface area contributed by atoms with Crippen molar-refractivity contribution in [3.05, 3.63) is 69.9 Å². The van der Waals surface area contributed by atoms with Gasteiger partial charge in [-0.1, -0.05) is 57.2 Å². The van der Waals surface area contributed by atoms with Crippen LogP contribution in [0, 0.1) is 13.8 Å². The van der Waals surface area contributed by atoms with Crippen LogP contribution in [-0.4, -0.2) is 0 Å². The average Bonchev–Trinajstić information content (AvgIpc) is 2.49. The molecule has 0 bridgehead atoms. The highest BCUT2D eigenvalue weighted by molar-refractivity contribution is 5.69. The molecule has 0 aromatic heterocycles. The van der Waals surface area contributed by atoms with Gasteiger partial charge in [0.1, 0.15) is 0 Å². The number of hydrogen-bond donors (Lipinski definition) is 1. The molecule has 0 radical (unpaired) electrons. The Morgan fingerprint density at radius 2 is 1.74 bits per heavy atom. The molecule has 2 aromatic rings. The molecule has 0 saturated carbocycles. The third-order valence-corrected chi connectivity index (χ3v) is 5.12. The molecule has 1 unspecified atom stereocenters. The van der Waals surface area contributed by atoms with Crippen LogP contribution in [0.1, 0.15) is 60.4 Å². The molecular weight excluding hydrogens is 278 g/mol. The fourth-order valence-corrected chi connectivity index (χ4v) is 3.60. The van der Waals surface area contributed by atoms with Gasteiger partial charge in [-0.2, -0.15) is 0 Å². The summed E-state index contributed by atoms with van der Waals surface area (Å²) in [6.07, 6.45) is 3.09. The lowest BCUT2D eigenvalue weighted by molar-refractivity contribution is 0.804. The molecule has 1 atom stereocenters. The van der Waals surface area contributed by atoms with Gasteiger partial charge in [-0.3, -0.25) is 0 Å². The Morgan fingerprint density at radius 1 is 1.00 bits per heavy atom. The van der Waals surface area contributed by atoms with E-state index in [0.29, 0.717) is 11.8 Å². The first-order chi connectivity index (χ1) is 10.9. The van der Waals surface area contributed by atoms with E-state index in [1.807, 2.05) is 0 Å². The first kappa shape index (κ1) is 15.9. The van der Waals surface area contributed by atoms with Crippen LogP contribution in [0.15, 0.2) is 42.1 Å². The van der Waals surface area contributed by atoms with Crippen molar-refractivity contribution in [2.75, 3.05) is 0 Å². The van der Waals surface area contributed by atoms with Crippen molar-refractivity contribution in [3.63, 3.8) is 0 Å². The molecule has 0 saturated heterocycles. The highest BCUT2D eigenvalue weighted by atomic mass is 14.6. The van der Waals surface area contributed by atoms with E-state index in [0.717, 1.165) is 12.1 Å². The molecule has 1 aliphatic rings. The predicted octanol–water partition coefficient (Wildman–Crippen LogP) is 5.60. The number of aryl methyl sites for hydroxylation is 2. The summed E-state index contributed by atoms with van der Waals surface area (Å²) < 4.78 is 0. The number of fused-ring (bicyclic) bond motifs is 1. The monoisotopic (exact) mass is 305 g/mol. The smallest absolute Gasteiger partial charge is 0.0124 e. The zero-order chi connectivity index (χ0) is 16.7. The van der Waals surface area contributed by atoms with Gasteiger partial charge >= 0.3 is 0 Å². The fraction of sp³-hybridized carbons (Fsp3) is 0.364. The third kappa shape index (κ3) is 2.93. The topological polar surface area (TPSA) is 26.0 Å². The maximum absolute atomic E-state index is 6.16. The van der Waals surface area contributed by atoms with E-state index in [2.05, 4.69) is 71.0 Å². The predicted molar refractivity (Wildman–Crippen MR) is 99.8 cm³/mol. The van der Waals surface area contributed by atoms with Gasteiger partial charge in [0.2, 0.25) is 0 Å². The van der Waals surface area contributed by atoms with Gasteiger partial charge in [0, 0.05) is 18.0 Å². The van der Waals surface area contributed by atoms with Crippen LogP contribution >= 0.6 is 0 Å². The van der Waals surface area contributed by atoms with E-state index in [-0.39, 0.29) is 0 Å². The lowest BCUT2D eigenvalue weighted by Gasteiger charge is -2.26. The second kappa shape index (κ2) is 5.88. The highest BCUT2D eigenvalue weighted by Crippen LogP contribution is 2.37. The summed E-state index contributed by atoms with van der Waals surface area (Å²) >= 11 is 0. The van der Waals surface area contributed by atoms with Gasteiger partial charge in [-0.25, -0.2) is 0 Å². The fourth-order valence-electron chi connectivity index (χ4n) is 3.60. The first-order valence-corrected chi connectivity index (χ1v) is 8.57. The minimum Gasteiger partial charge on any atom is -0.402 e. The first-order valence-electron chi connectivity index (χ1n) is 8.57. The van der Waals surface area contributed by atoms with E-state index >= 15 is 0 Å². The number of nitrogens with two attached hydrogens (primary N) is 1. The lowest BCUT2D eigenvalue weighted by atomic mass is 9.80. The standard InChI is InChI=1S/C22H27N/c1-13(2)20-10-18(17-7-6-14(3)15(4)8-17)11-21-16(5)9-19(23)12-22(20)21/h6-11,13,16H,12,23H2,1-5H3. The van der Waals surface area contributed by atoms with Crippen LogP contribution in [-0.2, 0) is 6.42 Å². The van der Waals surface area contributed by atoms with Gasteiger partial charge in [0.05, 0.1) is 0 Å². The Balaban J connectivity index is 2.19. The quantitative estimate of drug-likeness (QED) is 0.768. The molecule has 0 fully saturated rings. The molecule has 120 valence electrons. The average molecular weight is 305 g/mol. The van der Waals surface area contributed by atoms with Crippen LogP contribution < -0.4 is 5.73 Å². The van der Waals surface area contributed by atoms with Crippen molar-refractivity contribution >= 4 is 0 Å². The van der Waals surface area contributed by atoms with E-state index in [4.69, 9.17) is 5.73 Å². The Kier molecular flexibility index (Phi) is 4.06. The number of rotatable bonds is 2. The molecule has 1 heteroatoms. The molecule has 1 aliphatic carbocycles. The van der Waals surface area contributed by atoms with Crippen LogP contribution in [0.4, 0.5) is 0 Å². The molecule has 0 aliphatic heterocycles. The minimum absolute atomic E-state index is 0.391. The normalized spacial score (nSPS) is 17.1. The van der Waals surface area contributed by atoms with Crippen molar-refractivity contribution in [2.45, 2.75) is 52.9 Å². The molecule has 0 amide bonds. The molecule has 2 N–H and O–H groups in total. The molecule has 2 aromatic carbocycles. The molecular formula is C22H27N. The Morgan fingerprint density at radius 3 is 2.39 bits per heavy atom. The van der Waals surface area contributed by atoms with Crippen molar-refractivity contribution < 1.29 is 0 Å². The highest BCUT2D eigenvalue weighted by Gasteiger charge is 2.21. The summed E-state index contributed by atoms with van der Waals surface area (Å²) in [4.78, 5) is 0. The third-order valence-electron chi connectivity index (χ3n) is 5.12. The molecule has 23 heavy (non-hydrogen) atoms. The Labute approximate surface area is 140 Å². The second-order valence-corrected chi connectivity index (χ2v) is 7.29. The van der Waals surface area contributed by atoms with E-state index in [1.165, 1.54) is 38.9 Å². The van der Waals surface area contributed by atoms with Crippen LogP contribution in [0.2, 0.25) is 0 Å². The molecule has 0 spiro atoms. The van der Waals surface area contributed by atoms with Gasteiger partial charge < -0.3 is 5.73 Å². The van der Waals surface area contributed by atoms with Crippen LogP contribution in [0.3, 0.4) is 0 Å². The Bertz CT molecular complexity index is 781. The summed E-state index contributed by atoms with van der Waals surface area (Å²) in [5.74, 6) is 0.899. The number of benzene rings is 2. The number of hydrogen-bond acceptors (Lipinski definition) is 1. The summed E-state index contributed by atoms with van der Waals surface area (Å²) in [7, 11) is 0. The zero-order valence-electron chi connectivity index (χ0n) is 14.9. The minimum atomic E-state index is 0.391. The van der Waals surface area contributed by atoms with Crippen LogP contribution in [0.25, 0.3) is 11.1 Å². The maximum atomic E-state index is 6.16. The SMILES string of the molecule is Cc1ccc(-c2cc(C(C)C)c3c(c2)C(C)C=C(N)C3)cc1C. The van der Waals surface area contributed by atoms with Crippen molar-refractivity contribution in [3.8, 4) is 11.1 Å². The van der Waals surface area contributed by atoms with E-state index < -0.39 is 0 Å². The van der Waals surface area contributed by atoms with Gasteiger partial charge in [0.15, 0.2) is 0 Å². The Hall–Kier alpha value is -2.02. The largest absolute Gasteiger partial charge is 0.402 e. The molecule has 0 heterocycles. The summed E-state index contributed by atoms with van der Waals surface area (Å²) in [6.45, 7) is 11.2. The summed E-state index contributed by atoms with van der Waals surface area (Å²) in [6, 6.07) is 11.5. The van der Waals surface area contributed by atoms with Crippen LogP contribution in [0.5, 0.6) is 0 Å². The van der Waals surface area contributed by atoms with E-state index in [1.54, 1.807) is 0 Å². The molecule has 1 nitrogen and oxygen atoms in total. The van der Waals surface area contributed by atoms with Crippen molar-refractivity contribution in [1.29, 1.82) is 0 Å². The molecule has 3 rings (SSSR count). The lowest BCUT2D eigenvalue weighted by Crippen LogP contribution is -2.15. The van der Waals surface area contributed by atoms with E-state index in [9.17, 15) is 0 Å². The van der Waals surface area contributed by atoms with Gasteiger partial charge in [-0.05, 0) is 58.7 Å². The maximum Gasteiger partial charge on any atom is 0.0124 e. The zero-order valence-corrected chi connectivity index (χ0v) is 14.9. The van der Waals surface area contributed by atoms with Gasteiger partial charge in [-0.15, -0.1) is 0 Å². The summed E-state index contributed by atoms with van der Waals surface area (Å²) in [5.41, 5.74) is 16.8. The van der Waals surface area contributed by atoms with Gasteiger partial charge in [0.25, 0.3) is 0 Å². The van der Waals surface area contributed by atoms with Crippen molar-refractivity contribution in [2.24, 2.45) is 5.73 Å². The summed E-state index contributed by atoms with van der Waals surface area (Å²) in [5, 5.41) is 0.